The maximum atomic E-state index is 3.73. The summed E-state index contributed by atoms with van der Waals surface area (Å²) in [6.45, 7) is 1.34. The predicted octanol–water partition coefficient (Wildman–Crippen LogP) is 2.95. The standard InChI is InChI=1S/C13H23N/c1-3-10(4-1)13-6-2-5-11(13)9-14-12-7-8-12/h10-14H,1-9H2. The minimum absolute atomic E-state index is 0.914. The molecule has 2 unspecified atom stereocenters. The molecule has 3 saturated carbocycles. The molecule has 1 nitrogen and oxygen atoms in total. The molecule has 0 saturated heterocycles. The van der Waals surface area contributed by atoms with Gasteiger partial charge in [-0.15, -0.1) is 0 Å². The van der Waals surface area contributed by atoms with Gasteiger partial charge in [0.05, 0.1) is 0 Å². The summed E-state index contributed by atoms with van der Waals surface area (Å²) in [7, 11) is 0. The quantitative estimate of drug-likeness (QED) is 0.724. The van der Waals surface area contributed by atoms with E-state index in [1.807, 2.05) is 0 Å². The first-order valence-electron chi connectivity index (χ1n) is 6.67. The molecule has 0 heterocycles. The van der Waals surface area contributed by atoms with Gasteiger partial charge in [-0.3, -0.25) is 0 Å². The molecule has 3 fully saturated rings. The van der Waals surface area contributed by atoms with Gasteiger partial charge >= 0.3 is 0 Å². The summed E-state index contributed by atoms with van der Waals surface area (Å²) in [5.74, 6) is 3.28. The van der Waals surface area contributed by atoms with Crippen molar-refractivity contribution >= 4 is 0 Å². The lowest BCUT2D eigenvalue weighted by Gasteiger charge is -2.35. The van der Waals surface area contributed by atoms with E-state index in [0.29, 0.717) is 0 Å². The van der Waals surface area contributed by atoms with Crippen molar-refractivity contribution in [3.8, 4) is 0 Å². The average Bonchev–Trinajstić information content (AvgIpc) is 2.82. The molecule has 3 aliphatic carbocycles. The second-order valence-electron chi connectivity index (χ2n) is 5.73. The van der Waals surface area contributed by atoms with Crippen molar-refractivity contribution in [2.45, 2.75) is 57.4 Å². The third-order valence-electron chi connectivity index (χ3n) is 4.72. The summed E-state index contributed by atoms with van der Waals surface area (Å²) in [6, 6.07) is 0.914. The first-order chi connectivity index (χ1) is 6.93. The molecule has 0 aromatic rings. The molecule has 0 amide bonds. The van der Waals surface area contributed by atoms with E-state index < -0.39 is 0 Å². The van der Waals surface area contributed by atoms with Crippen LogP contribution in [0.2, 0.25) is 0 Å². The van der Waals surface area contributed by atoms with Gasteiger partial charge in [-0.05, 0) is 50.0 Å². The normalized spacial score (nSPS) is 38.6. The van der Waals surface area contributed by atoms with Crippen LogP contribution in [-0.2, 0) is 0 Å². The summed E-state index contributed by atoms with van der Waals surface area (Å²) in [4.78, 5) is 0. The van der Waals surface area contributed by atoms with Gasteiger partial charge in [-0.1, -0.05) is 25.7 Å². The molecule has 0 aromatic carbocycles. The van der Waals surface area contributed by atoms with Crippen molar-refractivity contribution in [1.29, 1.82) is 0 Å². The first-order valence-corrected chi connectivity index (χ1v) is 6.67. The highest BCUT2D eigenvalue weighted by molar-refractivity contribution is 4.89. The lowest BCUT2D eigenvalue weighted by molar-refractivity contribution is 0.163. The van der Waals surface area contributed by atoms with E-state index in [4.69, 9.17) is 0 Å². The lowest BCUT2D eigenvalue weighted by Crippen LogP contribution is -2.32. The Balaban J connectivity index is 1.49. The molecule has 1 heteroatoms. The molecular formula is C13H23N. The van der Waals surface area contributed by atoms with Crippen LogP contribution in [0.3, 0.4) is 0 Å². The number of rotatable bonds is 4. The van der Waals surface area contributed by atoms with Gasteiger partial charge in [0.25, 0.3) is 0 Å². The largest absolute Gasteiger partial charge is 0.314 e. The summed E-state index contributed by atoms with van der Waals surface area (Å²) < 4.78 is 0. The Labute approximate surface area is 87.7 Å². The van der Waals surface area contributed by atoms with Crippen LogP contribution < -0.4 is 5.32 Å². The van der Waals surface area contributed by atoms with Gasteiger partial charge in [0.2, 0.25) is 0 Å². The molecule has 0 bridgehead atoms. The summed E-state index contributed by atoms with van der Waals surface area (Å²) in [5.41, 5.74) is 0. The minimum atomic E-state index is 0.914. The minimum Gasteiger partial charge on any atom is -0.314 e. The van der Waals surface area contributed by atoms with Crippen LogP contribution >= 0.6 is 0 Å². The van der Waals surface area contributed by atoms with Gasteiger partial charge in [0.15, 0.2) is 0 Å². The zero-order chi connectivity index (χ0) is 9.38. The molecule has 0 aromatic heterocycles. The van der Waals surface area contributed by atoms with Gasteiger partial charge in [-0.2, -0.15) is 0 Å². The smallest absolute Gasteiger partial charge is 0.00683 e. The Morgan fingerprint density at radius 3 is 2.29 bits per heavy atom. The molecule has 0 radical (unpaired) electrons. The first kappa shape index (κ1) is 9.21. The number of hydrogen-bond acceptors (Lipinski definition) is 1. The molecule has 14 heavy (non-hydrogen) atoms. The zero-order valence-corrected chi connectivity index (χ0v) is 9.17. The zero-order valence-electron chi connectivity index (χ0n) is 9.17. The average molecular weight is 193 g/mol. The van der Waals surface area contributed by atoms with E-state index >= 15 is 0 Å². The second kappa shape index (κ2) is 3.84. The van der Waals surface area contributed by atoms with Crippen molar-refractivity contribution in [2.24, 2.45) is 17.8 Å². The van der Waals surface area contributed by atoms with Crippen molar-refractivity contribution in [3.05, 3.63) is 0 Å². The Hall–Kier alpha value is -0.0400. The Kier molecular flexibility index (Phi) is 2.53. The van der Waals surface area contributed by atoms with Crippen molar-refractivity contribution in [2.75, 3.05) is 6.54 Å². The third kappa shape index (κ3) is 1.84. The molecule has 0 aliphatic heterocycles. The number of hydrogen-bond donors (Lipinski definition) is 1. The molecular weight excluding hydrogens is 170 g/mol. The summed E-state index contributed by atoms with van der Waals surface area (Å²) in [6.07, 6.45) is 12.1. The second-order valence-corrected chi connectivity index (χ2v) is 5.73. The summed E-state index contributed by atoms with van der Waals surface area (Å²) in [5, 5.41) is 3.73. The van der Waals surface area contributed by atoms with E-state index in [2.05, 4.69) is 5.32 Å². The van der Waals surface area contributed by atoms with Crippen LogP contribution in [0.1, 0.15) is 51.4 Å². The van der Waals surface area contributed by atoms with Gasteiger partial charge < -0.3 is 5.32 Å². The lowest BCUT2D eigenvalue weighted by atomic mass is 9.72. The van der Waals surface area contributed by atoms with Crippen LogP contribution in [0.15, 0.2) is 0 Å². The van der Waals surface area contributed by atoms with Crippen LogP contribution in [0.5, 0.6) is 0 Å². The molecule has 3 rings (SSSR count). The van der Waals surface area contributed by atoms with Gasteiger partial charge in [-0.25, -0.2) is 0 Å². The molecule has 1 N–H and O–H groups in total. The Morgan fingerprint density at radius 2 is 1.64 bits per heavy atom. The van der Waals surface area contributed by atoms with Crippen molar-refractivity contribution < 1.29 is 0 Å². The van der Waals surface area contributed by atoms with E-state index in [9.17, 15) is 0 Å². The predicted molar refractivity (Wildman–Crippen MR) is 59.2 cm³/mol. The molecule has 0 spiro atoms. The fourth-order valence-corrected chi connectivity index (χ4v) is 3.41. The highest BCUT2D eigenvalue weighted by Gasteiger charge is 2.36. The third-order valence-corrected chi connectivity index (χ3v) is 4.72. The van der Waals surface area contributed by atoms with E-state index in [-0.39, 0.29) is 0 Å². The summed E-state index contributed by atoms with van der Waals surface area (Å²) >= 11 is 0. The van der Waals surface area contributed by atoms with Crippen LogP contribution in [-0.4, -0.2) is 12.6 Å². The van der Waals surface area contributed by atoms with E-state index in [1.165, 1.54) is 38.6 Å². The highest BCUT2D eigenvalue weighted by Crippen LogP contribution is 2.45. The maximum Gasteiger partial charge on any atom is 0.00683 e. The fraction of sp³-hybridized carbons (Fsp3) is 1.00. The molecule has 2 atom stereocenters. The SMILES string of the molecule is C1CC(C2CCCC2CNC2CC2)C1. The Morgan fingerprint density at radius 1 is 0.857 bits per heavy atom. The monoisotopic (exact) mass is 193 g/mol. The van der Waals surface area contributed by atoms with Gasteiger partial charge in [0, 0.05) is 6.04 Å². The van der Waals surface area contributed by atoms with Crippen molar-refractivity contribution in [3.63, 3.8) is 0 Å². The highest BCUT2D eigenvalue weighted by atomic mass is 14.9. The topological polar surface area (TPSA) is 12.0 Å². The maximum absolute atomic E-state index is 3.73. The molecule has 3 aliphatic rings. The van der Waals surface area contributed by atoms with Crippen LogP contribution in [0.25, 0.3) is 0 Å². The van der Waals surface area contributed by atoms with E-state index in [1.54, 1.807) is 19.3 Å². The number of nitrogens with one attached hydrogen (secondary N) is 1. The van der Waals surface area contributed by atoms with Gasteiger partial charge in [0.1, 0.15) is 0 Å². The van der Waals surface area contributed by atoms with Crippen LogP contribution in [0.4, 0.5) is 0 Å². The molecule has 80 valence electrons. The van der Waals surface area contributed by atoms with E-state index in [0.717, 1.165) is 23.8 Å². The fourth-order valence-electron chi connectivity index (χ4n) is 3.41. The Bertz CT molecular complexity index is 193. The van der Waals surface area contributed by atoms with Crippen LogP contribution in [0, 0.1) is 17.8 Å². The van der Waals surface area contributed by atoms with Crippen molar-refractivity contribution in [1.82, 2.24) is 5.32 Å².